The van der Waals surface area contributed by atoms with Crippen LogP contribution in [-0.4, -0.2) is 25.6 Å². The Morgan fingerprint density at radius 1 is 1.21 bits per heavy atom. The van der Waals surface area contributed by atoms with Gasteiger partial charge in [0.25, 0.3) is 11.6 Å². The lowest BCUT2D eigenvalue weighted by Crippen LogP contribution is -2.14. The molecule has 0 unspecified atom stereocenters. The fraction of sp³-hybridized carbons (Fsp3) is 0.0500. The number of carbonyl (C=O) groups is 1. The first-order valence-corrected chi connectivity index (χ1v) is 8.94. The molecular formula is C20H14ClN5O3. The fourth-order valence-electron chi connectivity index (χ4n) is 3.02. The van der Waals surface area contributed by atoms with Gasteiger partial charge in [-0.2, -0.15) is 5.10 Å². The molecule has 0 saturated carbocycles. The maximum absolute atomic E-state index is 13.1. The number of fused-ring (bicyclic) bond motifs is 1. The zero-order valence-electron chi connectivity index (χ0n) is 15.2. The van der Waals surface area contributed by atoms with Gasteiger partial charge in [-0.1, -0.05) is 29.8 Å². The highest BCUT2D eigenvalue weighted by Crippen LogP contribution is 2.30. The van der Waals surface area contributed by atoms with E-state index in [4.69, 9.17) is 11.6 Å². The Morgan fingerprint density at radius 3 is 2.72 bits per heavy atom. The molecule has 8 nitrogen and oxygen atoms in total. The number of hydrogen-bond acceptors (Lipinski definition) is 5. The summed E-state index contributed by atoms with van der Waals surface area (Å²) in [5.74, 6) is -0.487. The number of amides is 1. The molecule has 1 N–H and O–H groups in total. The number of hydrogen-bond donors (Lipinski definition) is 1. The molecule has 0 atom stereocenters. The first-order chi connectivity index (χ1) is 13.9. The molecule has 0 radical (unpaired) electrons. The standard InChI is InChI=1S/C20H14ClN5O3/c1-25-11-12(10-22-25)18-9-15(14-4-2-3-5-16(14)23-18)20(27)24-17-7-6-13(21)8-19(17)26(28)29/h2-11H,1H3,(H,24,27). The minimum absolute atomic E-state index is 0.0632. The average molecular weight is 408 g/mol. The molecule has 2 aromatic heterocycles. The number of nitrogens with zero attached hydrogens (tertiary/aromatic N) is 4. The summed E-state index contributed by atoms with van der Waals surface area (Å²) in [5.41, 5.74) is 2.09. The molecule has 144 valence electrons. The van der Waals surface area contributed by atoms with Crippen molar-refractivity contribution in [1.82, 2.24) is 14.8 Å². The lowest BCUT2D eigenvalue weighted by molar-refractivity contribution is -0.383. The van der Waals surface area contributed by atoms with Crippen LogP contribution in [0.5, 0.6) is 0 Å². The summed E-state index contributed by atoms with van der Waals surface area (Å²) >= 11 is 5.85. The molecule has 0 spiro atoms. The lowest BCUT2D eigenvalue weighted by atomic mass is 10.0. The van der Waals surface area contributed by atoms with Gasteiger partial charge in [0.05, 0.1) is 27.9 Å². The van der Waals surface area contributed by atoms with Crippen molar-refractivity contribution in [2.24, 2.45) is 7.05 Å². The number of carbonyl (C=O) groups excluding carboxylic acids is 1. The number of nitro groups is 1. The third kappa shape index (κ3) is 3.65. The Bertz CT molecular complexity index is 1270. The van der Waals surface area contributed by atoms with Gasteiger partial charge in [0.15, 0.2) is 0 Å². The second-order valence-electron chi connectivity index (χ2n) is 6.35. The van der Waals surface area contributed by atoms with Crippen LogP contribution in [0.3, 0.4) is 0 Å². The third-order valence-corrected chi connectivity index (χ3v) is 4.60. The van der Waals surface area contributed by atoms with Crippen LogP contribution in [0.15, 0.2) is 60.9 Å². The molecule has 0 aliphatic rings. The highest BCUT2D eigenvalue weighted by Gasteiger charge is 2.20. The number of benzene rings is 2. The lowest BCUT2D eigenvalue weighted by Gasteiger charge is -2.10. The summed E-state index contributed by atoms with van der Waals surface area (Å²) in [6, 6.07) is 12.9. The summed E-state index contributed by atoms with van der Waals surface area (Å²) in [6.45, 7) is 0. The topological polar surface area (TPSA) is 103 Å². The molecular weight excluding hydrogens is 394 g/mol. The maximum atomic E-state index is 13.1. The van der Waals surface area contributed by atoms with E-state index in [9.17, 15) is 14.9 Å². The fourth-order valence-corrected chi connectivity index (χ4v) is 3.18. The van der Waals surface area contributed by atoms with Crippen LogP contribution >= 0.6 is 11.6 Å². The van der Waals surface area contributed by atoms with Crippen LogP contribution in [0.1, 0.15) is 10.4 Å². The number of rotatable bonds is 4. The molecule has 2 heterocycles. The van der Waals surface area contributed by atoms with E-state index < -0.39 is 10.8 Å². The van der Waals surface area contributed by atoms with E-state index in [-0.39, 0.29) is 16.4 Å². The summed E-state index contributed by atoms with van der Waals surface area (Å²) in [4.78, 5) is 28.4. The summed E-state index contributed by atoms with van der Waals surface area (Å²) in [7, 11) is 1.79. The van der Waals surface area contributed by atoms with Crippen LogP contribution in [0.25, 0.3) is 22.2 Å². The number of nitro benzene ring substituents is 1. The molecule has 4 aromatic rings. The summed E-state index contributed by atoms with van der Waals surface area (Å²) < 4.78 is 1.64. The van der Waals surface area contributed by atoms with Crippen molar-refractivity contribution in [3.8, 4) is 11.3 Å². The van der Waals surface area contributed by atoms with Crippen molar-refractivity contribution >= 4 is 39.8 Å². The second-order valence-corrected chi connectivity index (χ2v) is 6.78. The van der Waals surface area contributed by atoms with Crippen LogP contribution in [0, 0.1) is 10.1 Å². The first-order valence-electron chi connectivity index (χ1n) is 8.56. The number of para-hydroxylation sites is 1. The van der Waals surface area contributed by atoms with E-state index in [2.05, 4.69) is 15.4 Å². The summed E-state index contributed by atoms with van der Waals surface area (Å²) in [6.07, 6.45) is 3.45. The monoisotopic (exact) mass is 407 g/mol. The summed E-state index contributed by atoms with van der Waals surface area (Å²) in [5, 5.41) is 18.9. The Labute approximate surface area is 169 Å². The third-order valence-electron chi connectivity index (χ3n) is 4.37. The van der Waals surface area contributed by atoms with Gasteiger partial charge in [0.1, 0.15) is 5.69 Å². The number of anilines is 1. The van der Waals surface area contributed by atoms with Gasteiger partial charge in [0, 0.05) is 35.3 Å². The van der Waals surface area contributed by atoms with E-state index in [0.29, 0.717) is 22.2 Å². The number of pyridine rings is 1. The normalized spacial score (nSPS) is 10.8. The molecule has 4 rings (SSSR count). The van der Waals surface area contributed by atoms with Crippen molar-refractivity contribution in [3.63, 3.8) is 0 Å². The van der Waals surface area contributed by atoms with Gasteiger partial charge in [-0.05, 0) is 24.3 Å². The van der Waals surface area contributed by atoms with E-state index in [1.54, 1.807) is 48.4 Å². The zero-order chi connectivity index (χ0) is 20.5. The Balaban J connectivity index is 1.81. The first kappa shape index (κ1) is 18.6. The SMILES string of the molecule is Cn1cc(-c2cc(C(=O)Nc3ccc(Cl)cc3[N+](=O)[O-])c3ccccc3n2)cn1. The minimum Gasteiger partial charge on any atom is -0.316 e. The van der Waals surface area contributed by atoms with E-state index in [1.165, 1.54) is 18.2 Å². The van der Waals surface area contributed by atoms with Crippen LogP contribution < -0.4 is 5.32 Å². The Kier molecular flexibility index (Phi) is 4.69. The predicted octanol–water partition coefficient (Wildman–Crippen LogP) is 4.45. The molecule has 0 aliphatic heterocycles. The van der Waals surface area contributed by atoms with Gasteiger partial charge in [-0.3, -0.25) is 19.6 Å². The Morgan fingerprint density at radius 2 is 2.00 bits per heavy atom. The van der Waals surface area contributed by atoms with E-state index in [1.807, 2.05) is 6.07 Å². The molecule has 29 heavy (non-hydrogen) atoms. The zero-order valence-corrected chi connectivity index (χ0v) is 15.9. The van der Waals surface area contributed by atoms with Gasteiger partial charge in [-0.15, -0.1) is 0 Å². The van der Waals surface area contributed by atoms with Gasteiger partial charge >= 0.3 is 0 Å². The minimum atomic E-state index is -0.590. The molecule has 0 fully saturated rings. The number of aromatic nitrogens is 3. The number of aryl methyl sites for hydroxylation is 1. The molecule has 0 bridgehead atoms. The second kappa shape index (κ2) is 7.33. The predicted molar refractivity (Wildman–Crippen MR) is 110 cm³/mol. The van der Waals surface area contributed by atoms with Crippen molar-refractivity contribution in [1.29, 1.82) is 0 Å². The average Bonchev–Trinajstić information content (AvgIpc) is 3.14. The van der Waals surface area contributed by atoms with Crippen LogP contribution in [0.4, 0.5) is 11.4 Å². The van der Waals surface area contributed by atoms with Gasteiger partial charge in [0.2, 0.25) is 0 Å². The van der Waals surface area contributed by atoms with Gasteiger partial charge < -0.3 is 5.32 Å². The quantitative estimate of drug-likeness (QED) is 0.397. The highest BCUT2D eigenvalue weighted by atomic mass is 35.5. The van der Waals surface area contributed by atoms with Gasteiger partial charge in [-0.25, -0.2) is 4.98 Å². The van der Waals surface area contributed by atoms with E-state index in [0.717, 1.165) is 5.56 Å². The Hall–Kier alpha value is -3.78. The van der Waals surface area contributed by atoms with Crippen LogP contribution in [0.2, 0.25) is 5.02 Å². The van der Waals surface area contributed by atoms with E-state index >= 15 is 0 Å². The maximum Gasteiger partial charge on any atom is 0.294 e. The molecule has 1 amide bonds. The molecule has 0 aliphatic carbocycles. The number of halogens is 1. The molecule has 0 saturated heterocycles. The molecule has 9 heteroatoms. The highest BCUT2D eigenvalue weighted by molar-refractivity contribution is 6.31. The van der Waals surface area contributed by atoms with Crippen molar-refractivity contribution < 1.29 is 9.72 Å². The number of nitrogens with one attached hydrogen (secondary N) is 1. The van der Waals surface area contributed by atoms with Crippen molar-refractivity contribution in [2.45, 2.75) is 0 Å². The van der Waals surface area contributed by atoms with Crippen LogP contribution in [-0.2, 0) is 7.05 Å². The van der Waals surface area contributed by atoms with Crippen molar-refractivity contribution in [3.05, 3.63) is 81.6 Å². The smallest absolute Gasteiger partial charge is 0.294 e. The largest absolute Gasteiger partial charge is 0.316 e. The molecule has 2 aromatic carbocycles. The van der Waals surface area contributed by atoms with Crippen molar-refractivity contribution in [2.75, 3.05) is 5.32 Å².